The van der Waals surface area contributed by atoms with E-state index in [1.807, 2.05) is 0 Å². The number of rotatable bonds is 6. The van der Waals surface area contributed by atoms with Crippen molar-refractivity contribution in [2.75, 3.05) is 20.7 Å². The Kier molecular flexibility index (Phi) is 5.88. The predicted octanol–water partition coefficient (Wildman–Crippen LogP) is 0.616. The minimum absolute atomic E-state index is 0.119. The summed E-state index contributed by atoms with van der Waals surface area (Å²) in [6.07, 6.45) is -2.24. The fraction of sp³-hybridized carbons (Fsp3) is 0.462. The van der Waals surface area contributed by atoms with Crippen molar-refractivity contribution in [1.82, 2.24) is 5.32 Å². The zero-order valence-electron chi connectivity index (χ0n) is 10.9. The molecule has 1 aromatic carbocycles. The molecule has 0 heterocycles. The Morgan fingerprint density at radius 2 is 2.16 bits per heavy atom. The Bertz CT molecular complexity index is 439. The number of halogens is 1. The van der Waals surface area contributed by atoms with Crippen LogP contribution in [0.2, 0.25) is 0 Å². The molecule has 6 heteroatoms. The van der Waals surface area contributed by atoms with E-state index in [0.29, 0.717) is 6.54 Å². The highest BCUT2D eigenvalue weighted by Crippen LogP contribution is 2.24. The molecule has 1 aromatic rings. The van der Waals surface area contributed by atoms with E-state index in [9.17, 15) is 19.4 Å². The molecular weight excluding hydrogens is 253 g/mol. The molecule has 0 saturated carbocycles. The Morgan fingerprint density at radius 3 is 2.74 bits per heavy atom. The molecular formula is C13H18FNO4. The van der Waals surface area contributed by atoms with E-state index < -0.39 is 24.0 Å². The van der Waals surface area contributed by atoms with Crippen LogP contribution in [0, 0.1) is 5.82 Å². The van der Waals surface area contributed by atoms with Crippen molar-refractivity contribution in [2.24, 2.45) is 0 Å². The minimum atomic E-state index is -1.39. The molecule has 0 amide bonds. The second kappa shape index (κ2) is 7.18. The number of nitrogens with one attached hydrogen (secondary N) is 1. The number of carbonyl (C=O) groups is 1. The van der Waals surface area contributed by atoms with Gasteiger partial charge in [0.1, 0.15) is 11.9 Å². The van der Waals surface area contributed by atoms with Crippen molar-refractivity contribution < 1.29 is 24.1 Å². The second-order valence-corrected chi connectivity index (χ2v) is 4.10. The summed E-state index contributed by atoms with van der Waals surface area (Å²) >= 11 is 0. The summed E-state index contributed by atoms with van der Waals surface area (Å²) in [6.45, 7) is 0.483. The molecule has 0 aliphatic carbocycles. The van der Waals surface area contributed by atoms with Gasteiger partial charge in [-0.2, -0.15) is 0 Å². The lowest BCUT2D eigenvalue weighted by molar-refractivity contribution is 0.0118. The van der Waals surface area contributed by atoms with Gasteiger partial charge in [0.25, 0.3) is 0 Å². The van der Waals surface area contributed by atoms with Gasteiger partial charge in [0.05, 0.1) is 18.8 Å². The van der Waals surface area contributed by atoms with Crippen LogP contribution in [0.3, 0.4) is 0 Å². The summed E-state index contributed by atoms with van der Waals surface area (Å²) in [5.74, 6) is -1.69. The topological polar surface area (TPSA) is 78.8 Å². The lowest BCUT2D eigenvalue weighted by atomic mass is 9.99. The molecule has 0 saturated heterocycles. The molecule has 19 heavy (non-hydrogen) atoms. The number of esters is 1. The van der Waals surface area contributed by atoms with E-state index in [2.05, 4.69) is 10.1 Å². The molecule has 2 unspecified atom stereocenters. The van der Waals surface area contributed by atoms with Crippen LogP contribution in [0.1, 0.15) is 28.4 Å². The highest BCUT2D eigenvalue weighted by atomic mass is 19.1. The predicted molar refractivity (Wildman–Crippen MR) is 67.2 cm³/mol. The lowest BCUT2D eigenvalue weighted by Crippen LogP contribution is -2.24. The Labute approximate surface area is 111 Å². The summed E-state index contributed by atoms with van der Waals surface area (Å²) in [5, 5.41) is 22.5. The number of hydrogen-bond donors (Lipinski definition) is 3. The number of aliphatic hydroxyl groups is 2. The first-order chi connectivity index (χ1) is 9.02. The molecule has 3 N–H and O–H groups in total. The minimum Gasteiger partial charge on any atom is -0.465 e. The molecule has 2 atom stereocenters. The second-order valence-electron chi connectivity index (χ2n) is 4.10. The summed E-state index contributed by atoms with van der Waals surface area (Å²) < 4.78 is 18.5. The van der Waals surface area contributed by atoms with Crippen molar-refractivity contribution >= 4 is 5.97 Å². The maximum absolute atomic E-state index is 14.1. The first kappa shape index (κ1) is 15.6. The summed E-state index contributed by atoms with van der Waals surface area (Å²) in [7, 11) is 2.85. The largest absolute Gasteiger partial charge is 0.465 e. The molecule has 1 rings (SSSR count). The van der Waals surface area contributed by atoms with Crippen molar-refractivity contribution in [2.45, 2.75) is 18.6 Å². The van der Waals surface area contributed by atoms with Gasteiger partial charge in [-0.25, -0.2) is 9.18 Å². The standard InChI is InChI=1S/C13H18FNO4/c1-15-7-6-10(16)12(17)8-4-3-5-9(11(8)14)13(18)19-2/h3-5,10,12,15-17H,6-7H2,1-2H3. The molecule has 0 fully saturated rings. The van der Waals surface area contributed by atoms with E-state index in [0.717, 1.165) is 7.11 Å². The average Bonchev–Trinajstić information content (AvgIpc) is 2.43. The third-order valence-corrected chi connectivity index (χ3v) is 2.81. The normalized spacial score (nSPS) is 13.9. The fourth-order valence-corrected chi connectivity index (χ4v) is 1.70. The Hall–Kier alpha value is -1.50. The van der Waals surface area contributed by atoms with Crippen LogP contribution < -0.4 is 5.32 Å². The molecule has 0 bridgehead atoms. The molecule has 5 nitrogen and oxygen atoms in total. The van der Waals surface area contributed by atoms with Crippen LogP contribution in [0.5, 0.6) is 0 Å². The number of aliphatic hydroxyl groups excluding tert-OH is 2. The zero-order valence-corrected chi connectivity index (χ0v) is 10.9. The maximum atomic E-state index is 14.1. The van der Waals surface area contributed by atoms with E-state index in [4.69, 9.17) is 0 Å². The molecule has 106 valence electrons. The van der Waals surface area contributed by atoms with Crippen molar-refractivity contribution in [3.05, 3.63) is 35.1 Å². The summed E-state index contributed by atoms with van der Waals surface area (Å²) in [4.78, 5) is 11.3. The summed E-state index contributed by atoms with van der Waals surface area (Å²) in [6, 6.07) is 4.02. The molecule has 0 radical (unpaired) electrons. The highest BCUT2D eigenvalue weighted by Gasteiger charge is 2.24. The van der Waals surface area contributed by atoms with Crippen molar-refractivity contribution in [1.29, 1.82) is 0 Å². The van der Waals surface area contributed by atoms with Crippen molar-refractivity contribution in [3.8, 4) is 0 Å². The number of ether oxygens (including phenoxy) is 1. The zero-order chi connectivity index (χ0) is 14.4. The molecule has 0 aromatic heterocycles. The molecule has 0 aliphatic rings. The van der Waals surface area contributed by atoms with Gasteiger partial charge in [0, 0.05) is 5.56 Å². The number of carbonyl (C=O) groups excluding carboxylic acids is 1. The molecule has 0 aliphatic heterocycles. The summed E-state index contributed by atoms with van der Waals surface area (Å²) in [5.41, 5.74) is -0.383. The van der Waals surface area contributed by atoms with Gasteiger partial charge in [-0.15, -0.1) is 0 Å². The first-order valence-corrected chi connectivity index (χ1v) is 5.90. The van der Waals surface area contributed by atoms with Crippen LogP contribution in [-0.2, 0) is 4.74 Å². The Morgan fingerprint density at radius 1 is 1.47 bits per heavy atom. The van der Waals surface area contributed by atoms with Gasteiger partial charge in [-0.3, -0.25) is 0 Å². The average molecular weight is 271 g/mol. The van der Waals surface area contributed by atoms with Gasteiger partial charge >= 0.3 is 5.97 Å². The molecule has 0 spiro atoms. The van der Waals surface area contributed by atoms with Crippen LogP contribution in [0.25, 0.3) is 0 Å². The SMILES string of the molecule is CNCCC(O)C(O)c1cccc(C(=O)OC)c1F. The fourth-order valence-electron chi connectivity index (χ4n) is 1.70. The van der Waals surface area contributed by atoms with E-state index >= 15 is 0 Å². The quantitative estimate of drug-likeness (QED) is 0.661. The number of hydrogen-bond acceptors (Lipinski definition) is 5. The number of benzene rings is 1. The third-order valence-electron chi connectivity index (χ3n) is 2.81. The van der Waals surface area contributed by atoms with Gasteiger partial charge in [0.2, 0.25) is 0 Å². The van der Waals surface area contributed by atoms with Gasteiger partial charge in [-0.05, 0) is 26.1 Å². The van der Waals surface area contributed by atoms with Crippen molar-refractivity contribution in [3.63, 3.8) is 0 Å². The Balaban J connectivity index is 2.97. The first-order valence-electron chi connectivity index (χ1n) is 5.90. The van der Waals surface area contributed by atoms with Crippen LogP contribution in [0.15, 0.2) is 18.2 Å². The van der Waals surface area contributed by atoms with Crippen LogP contribution in [0.4, 0.5) is 4.39 Å². The number of methoxy groups -OCH3 is 1. The van der Waals surface area contributed by atoms with Crippen LogP contribution >= 0.6 is 0 Å². The van der Waals surface area contributed by atoms with Gasteiger partial charge in [-0.1, -0.05) is 12.1 Å². The smallest absolute Gasteiger partial charge is 0.340 e. The third kappa shape index (κ3) is 3.73. The highest BCUT2D eigenvalue weighted by molar-refractivity contribution is 5.89. The van der Waals surface area contributed by atoms with E-state index in [-0.39, 0.29) is 17.5 Å². The van der Waals surface area contributed by atoms with Gasteiger partial charge < -0.3 is 20.3 Å². The monoisotopic (exact) mass is 271 g/mol. The van der Waals surface area contributed by atoms with E-state index in [1.54, 1.807) is 7.05 Å². The maximum Gasteiger partial charge on any atom is 0.340 e. The van der Waals surface area contributed by atoms with E-state index in [1.165, 1.54) is 18.2 Å². The van der Waals surface area contributed by atoms with Crippen LogP contribution in [-0.4, -0.2) is 43.0 Å². The lowest BCUT2D eigenvalue weighted by Gasteiger charge is -2.19. The van der Waals surface area contributed by atoms with Gasteiger partial charge in [0.15, 0.2) is 0 Å².